The zero-order chi connectivity index (χ0) is 17.8. The summed E-state index contributed by atoms with van der Waals surface area (Å²) in [5.74, 6) is 0.181. The van der Waals surface area contributed by atoms with Gasteiger partial charge in [-0.2, -0.15) is 5.26 Å². The van der Waals surface area contributed by atoms with Crippen LogP contribution in [0.1, 0.15) is 12.5 Å². The van der Waals surface area contributed by atoms with Gasteiger partial charge in [-0.25, -0.2) is 8.42 Å². The Bertz CT molecular complexity index is 843. The molecule has 0 spiro atoms. The van der Waals surface area contributed by atoms with E-state index in [1.165, 1.54) is 6.92 Å². The summed E-state index contributed by atoms with van der Waals surface area (Å²) in [6.45, 7) is 1.08. The number of benzene rings is 2. The predicted octanol–water partition coefficient (Wildman–Crippen LogP) is 4.27. The van der Waals surface area contributed by atoms with Crippen LogP contribution in [-0.4, -0.2) is 19.8 Å². The highest BCUT2D eigenvalue weighted by molar-refractivity contribution is 7.92. The van der Waals surface area contributed by atoms with Gasteiger partial charge in [0.05, 0.1) is 11.8 Å². The zero-order valence-electron chi connectivity index (χ0n) is 12.9. The fraction of sp³-hybridized carbons (Fsp3) is 0.235. The van der Waals surface area contributed by atoms with Gasteiger partial charge in [0, 0.05) is 10.0 Å². The SMILES string of the molecule is CC(C#N)(COc1ccc(Cl)cc1)S(=O)(=O)Cc1ccc(Cl)cc1. The molecule has 2 aromatic carbocycles. The molecule has 0 fully saturated rings. The van der Waals surface area contributed by atoms with Crippen molar-refractivity contribution in [2.45, 2.75) is 17.4 Å². The van der Waals surface area contributed by atoms with Crippen molar-refractivity contribution in [2.75, 3.05) is 6.61 Å². The lowest BCUT2D eigenvalue weighted by molar-refractivity contribution is 0.295. The standard InChI is InChI=1S/C17H15Cl2NO3S/c1-17(11-20,12-23-16-8-6-15(19)7-9-16)24(21,22)10-13-2-4-14(18)5-3-13/h2-9H,10,12H2,1H3. The molecule has 7 heteroatoms. The van der Waals surface area contributed by atoms with Gasteiger partial charge in [-0.3, -0.25) is 0 Å². The number of sulfone groups is 1. The Labute approximate surface area is 151 Å². The molecule has 2 rings (SSSR count). The zero-order valence-corrected chi connectivity index (χ0v) is 15.2. The van der Waals surface area contributed by atoms with E-state index in [9.17, 15) is 13.7 Å². The van der Waals surface area contributed by atoms with Gasteiger partial charge in [0.2, 0.25) is 0 Å². The fourth-order valence-corrected chi connectivity index (χ4v) is 3.48. The Morgan fingerprint density at radius 2 is 1.54 bits per heavy atom. The Balaban J connectivity index is 2.15. The molecular weight excluding hydrogens is 369 g/mol. The summed E-state index contributed by atoms with van der Waals surface area (Å²) in [4.78, 5) is 0. The van der Waals surface area contributed by atoms with Crippen molar-refractivity contribution in [3.05, 3.63) is 64.1 Å². The molecule has 1 unspecified atom stereocenters. The lowest BCUT2D eigenvalue weighted by Gasteiger charge is -2.22. The van der Waals surface area contributed by atoms with Gasteiger partial charge in [-0.15, -0.1) is 0 Å². The molecule has 0 aliphatic rings. The van der Waals surface area contributed by atoms with Gasteiger partial charge in [-0.05, 0) is 48.9 Å². The van der Waals surface area contributed by atoms with Crippen LogP contribution >= 0.6 is 23.2 Å². The highest BCUT2D eigenvalue weighted by Gasteiger charge is 2.40. The van der Waals surface area contributed by atoms with Gasteiger partial charge >= 0.3 is 0 Å². The van der Waals surface area contributed by atoms with E-state index < -0.39 is 14.6 Å². The number of rotatable bonds is 6. The molecule has 0 saturated heterocycles. The minimum Gasteiger partial charge on any atom is -0.491 e. The summed E-state index contributed by atoms with van der Waals surface area (Å²) in [5.41, 5.74) is 0.562. The highest BCUT2D eigenvalue weighted by Crippen LogP contribution is 2.24. The predicted molar refractivity (Wildman–Crippen MR) is 95.0 cm³/mol. The second-order valence-corrected chi connectivity index (χ2v) is 8.76. The van der Waals surface area contributed by atoms with Crippen molar-refractivity contribution in [2.24, 2.45) is 0 Å². The lowest BCUT2D eigenvalue weighted by Crippen LogP contribution is -2.40. The van der Waals surface area contributed by atoms with Gasteiger partial charge < -0.3 is 4.74 Å². The van der Waals surface area contributed by atoms with E-state index in [4.69, 9.17) is 27.9 Å². The minimum absolute atomic E-state index is 0.266. The summed E-state index contributed by atoms with van der Waals surface area (Å²) in [5, 5.41) is 10.5. The average molecular weight is 384 g/mol. The monoisotopic (exact) mass is 383 g/mol. The molecule has 0 aromatic heterocycles. The average Bonchev–Trinajstić information content (AvgIpc) is 2.56. The van der Waals surface area contributed by atoms with Crippen molar-refractivity contribution in [3.63, 3.8) is 0 Å². The molecular formula is C17H15Cl2NO3S. The van der Waals surface area contributed by atoms with Crippen molar-refractivity contribution in [1.29, 1.82) is 5.26 Å². The van der Waals surface area contributed by atoms with E-state index in [0.717, 1.165) is 0 Å². The van der Waals surface area contributed by atoms with E-state index in [2.05, 4.69) is 0 Å². The lowest BCUT2D eigenvalue weighted by atomic mass is 10.2. The summed E-state index contributed by atoms with van der Waals surface area (Å²) in [7, 11) is -3.77. The largest absolute Gasteiger partial charge is 0.491 e. The number of ether oxygens (including phenoxy) is 1. The molecule has 0 heterocycles. The van der Waals surface area contributed by atoms with Crippen LogP contribution in [0.25, 0.3) is 0 Å². The van der Waals surface area contributed by atoms with Crippen LogP contribution in [-0.2, 0) is 15.6 Å². The molecule has 0 radical (unpaired) electrons. The van der Waals surface area contributed by atoms with E-state index >= 15 is 0 Å². The molecule has 0 aliphatic heterocycles. The van der Waals surface area contributed by atoms with Crippen molar-refractivity contribution >= 4 is 33.0 Å². The van der Waals surface area contributed by atoms with Crippen LogP contribution in [0.5, 0.6) is 5.75 Å². The van der Waals surface area contributed by atoms with E-state index in [1.54, 1.807) is 48.5 Å². The molecule has 0 N–H and O–H groups in total. The Morgan fingerprint density at radius 3 is 2.04 bits per heavy atom. The van der Waals surface area contributed by atoms with Gasteiger partial charge in [-0.1, -0.05) is 35.3 Å². The quantitative estimate of drug-likeness (QED) is 0.746. The highest BCUT2D eigenvalue weighted by atomic mass is 35.5. The molecule has 0 saturated carbocycles. The molecule has 1 atom stereocenters. The van der Waals surface area contributed by atoms with Crippen LogP contribution in [0, 0.1) is 11.3 Å². The van der Waals surface area contributed by atoms with E-state index in [0.29, 0.717) is 21.4 Å². The van der Waals surface area contributed by atoms with Crippen LogP contribution in [0.15, 0.2) is 48.5 Å². The van der Waals surface area contributed by atoms with Crippen molar-refractivity contribution < 1.29 is 13.2 Å². The maximum absolute atomic E-state index is 12.7. The summed E-state index contributed by atoms with van der Waals surface area (Å²) >= 11 is 11.6. The van der Waals surface area contributed by atoms with Crippen LogP contribution < -0.4 is 4.74 Å². The maximum atomic E-state index is 12.7. The third kappa shape index (κ3) is 4.41. The van der Waals surface area contributed by atoms with Crippen molar-refractivity contribution in [1.82, 2.24) is 0 Å². The van der Waals surface area contributed by atoms with Gasteiger partial charge in [0.25, 0.3) is 0 Å². The molecule has 24 heavy (non-hydrogen) atoms. The second-order valence-electron chi connectivity index (χ2n) is 5.47. The third-order valence-corrected chi connectivity index (χ3v) is 6.32. The molecule has 0 amide bonds. The number of halogens is 2. The Kier molecular flexibility index (Phi) is 5.76. The Morgan fingerprint density at radius 1 is 1.04 bits per heavy atom. The molecule has 0 bridgehead atoms. The summed E-state index contributed by atoms with van der Waals surface area (Å²) in [6, 6.07) is 14.8. The van der Waals surface area contributed by atoms with E-state index in [1.807, 2.05) is 6.07 Å². The van der Waals surface area contributed by atoms with Gasteiger partial charge in [0.15, 0.2) is 14.6 Å². The minimum atomic E-state index is -3.77. The maximum Gasteiger partial charge on any atom is 0.189 e. The summed E-state index contributed by atoms with van der Waals surface area (Å²) in [6.07, 6.45) is 0. The van der Waals surface area contributed by atoms with E-state index in [-0.39, 0.29) is 12.4 Å². The van der Waals surface area contributed by atoms with Crippen LogP contribution in [0.2, 0.25) is 10.0 Å². The number of hydrogen-bond donors (Lipinski definition) is 0. The van der Waals surface area contributed by atoms with Crippen LogP contribution in [0.3, 0.4) is 0 Å². The fourth-order valence-electron chi connectivity index (χ4n) is 1.90. The van der Waals surface area contributed by atoms with Crippen molar-refractivity contribution in [3.8, 4) is 11.8 Å². The molecule has 2 aromatic rings. The topological polar surface area (TPSA) is 67.2 Å². The first-order valence-corrected chi connectivity index (χ1v) is 9.43. The smallest absolute Gasteiger partial charge is 0.189 e. The van der Waals surface area contributed by atoms with Crippen LogP contribution in [0.4, 0.5) is 0 Å². The molecule has 126 valence electrons. The number of hydrogen-bond acceptors (Lipinski definition) is 4. The first-order valence-electron chi connectivity index (χ1n) is 7.02. The third-order valence-electron chi connectivity index (χ3n) is 3.52. The Hall–Kier alpha value is -1.74. The summed E-state index contributed by atoms with van der Waals surface area (Å²) < 4.78 is 29.1. The molecule has 4 nitrogen and oxygen atoms in total. The molecule has 0 aliphatic carbocycles. The number of nitriles is 1. The normalized spacial score (nSPS) is 13.8. The first-order chi connectivity index (χ1) is 11.3. The van der Waals surface area contributed by atoms with Gasteiger partial charge in [0.1, 0.15) is 12.4 Å². The second kappa shape index (κ2) is 7.43. The first kappa shape index (κ1) is 18.6. The number of nitrogens with zero attached hydrogens (tertiary/aromatic N) is 1.